The van der Waals surface area contributed by atoms with Gasteiger partial charge >= 0.3 is 5.97 Å². The number of esters is 1. The molecular weight excluding hydrogens is 132 g/mol. The highest BCUT2D eigenvalue weighted by molar-refractivity contribution is 5.66. The van der Waals surface area contributed by atoms with E-state index in [0.717, 1.165) is 12.7 Å². The fourth-order valence-corrected chi connectivity index (χ4v) is 0.478. The van der Waals surface area contributed by atoms with Crippen LogP contribution < -0.4 is 0 Å². The molecule has 0 saturated carbocycles. The third-order valence-corrected chi connectivity index (χ3v) is 1.22. The molecule has 58 valence electrons. The van der Waals surface area contributed by atoms with Gasteiger partial charge in [0.15, 0.2) is 0 Å². The molecule has 0 fully saturated rings. The van der Waals surface area contributed by atoms with Crippen molar-refractivity contribution in [3.05, 3.63) is 0 Å². The van der Waals surface area contributed by atoms with Gasteiger partial charge in [-0.2, -0.15) is 0 Å². The lowest BCUT2D eigenvalue weighted by Crippen LogP contribution is -2.12. The van der Waals surface area contributed by atoms with Crippen molar-refractivity contribution in [2.75, 3.05) is 6.61 Å². The quantitative estimate of drug-likeness (QED) is 0.432. The van der Waals surface area contributed by atoms with Gasteiger partial charge in [-0.05, 0) is 6.42 Å². The van der Waals surface area contributed by atoms with Crippen LogP contribution in [0.5, 0.6) is 0 Å². The van der Waals surface area contributed by atoms with E-state index in [1.165, 1.54) is 6.92 Å². The van der Waals surface area contributed by atoms with Gasteiger partial charge in [0, 0.05) is 12.8 Å². The molecule has 0 saturated heterocycles. The molecule has 0 heterocycles. The number of hydrogen-bond donors (Lipinski definition) is 0. The van der Waals surface area contributed by atoms with Crippen LogP contribution >= 0.6 is 0 Å². The Morgan fingerprint density at radius 3 is 2.60 bits per heavy atom. The summed E-state index contributed by atoms with van der Waals surface area (Å²) < 4.78 is 4.62. The standard InChI is InChI=1S/C7H12O3/c1-3-7(4-8)5-10-6(2)9/h4,7H,3,5H2,1-2H3. The maximum Gasteiger partial charge on any atom is 0.302 e. The van der Waals surface area contributed by atoms with E-state index >= 15 is 0 Å². The average molecular weight is 144 g/mol. The first-order valence-corrected chi connectivity index (χ1v) is 3.29. The number of aldehydes is 1. The normalized spacial score (nSPS) is 12.2. The maximum absolute atomic E-state index is 10.2. The fraction of sp³-hybridized carbons (Fsp3) is 0.714. The Balaban J connectivity index is 3.44. The molecule has 0 aliphatic carbocycles. The van der Waals surface area contributed by atoms with Crippen LogP contribution in [-0.2, 0) is 14.3 Å². The van der Waals surface area contributed by atoms with Gasteiger partial charge in [0.25, 0.3) is 0 Å². The predicted octanol–water partition coefficient (Wildman–Crippen LogP) is 0.775. The van der Waals surface area contributed by atoms with Gasteiger partial charge in [0.2, 0.25) is 0 Å². The molecule has 0 aromatic rings. The van der Waals surface area contributed by atoms with E-state index in [1.54, 1.807) is 0 Å². The highest BCUT2D eigenvalue weighted by Gasteiger charge is 2.04. The average Bonchev–Trinajstić information content (AvgIpc) is 1.90. The minimum Gasteiger partial charge on any atom is -0.465 e. The molecule has 0 N–H and O–H groups in total. The summed E-state index contributed by atoms with van der Waals surface area (Å²) in [5, 5.41) is 0. The van der Waals surface area contributed by atoms with E-state index in [4.69, 9.17) is 0 Å². The Morgan fingerprint density at radius 2 is 2.30 bits per heavy atom. The summed E-state index contributed by atoms with van der Waals surface area (Å²) in [5.74, 6) is -0.468. The second-order valence-corrected chi connectivity index (χ2v) is 2.11. The van der Waals surface area contributed by atoms with Crippen LogP contribution in [0.15, 0.2) is 0 Å². The second kappa shape index (κ2) is 4.97. The minimum absolute atomic E-state index is 0.135. The van der Waals surface area contributed by atoms with Crippen LogP contribution in [0.2, 0.25) is 0 Å². The highest BCUT2D eigenvalue weighted by atomic mass is 16.5. The Hall–Kier alpha value is -0.860. The van der Waals surface area contributed by atoms with Gasteiger partial charge in [-0.3, -0.25) is 4.79 Å². The third-order valence-electron chi connectivity index (χ3n) is 1.22. The molecule has 0 rings (SSSR count). The third kappa shape index (κ3) is 4.06. The zero-order chi connectivity index (χ0) is 7.98. The van der Waals surface area contributed by atoms with Crippen LogP contribution in [0.4, 0.5) is 0 Å². The molecule has 3 heteroatoms. The highest BCUT2D eigenvalue weighted by Crippen LogP contribution is 1.98. The SMILES string of the molecule is CCC(C=O)COC(C)=O. The van der Waals surface area contributed by atoms with Crippen molar-refractivity contribution in [3.63, 3.8) is 0 Å². The summed E-state index contributed by atoms with van der Waals surface area (Å²) in [4.78, 5) is 20.4. The first-order chi connectivity index (χ1) is 4.70. The Morgan fingerprint density at radius 1 is 1.70 bits per heavy atom. The molecule has 1 atom stereocenters. The van der Waals surface area contributed by atoms with Gasteiger partial charge < -0.3 is 9.53 Å². The van der Waals surface area contributed by atoms with Gasteiger partial charge in [-0.1, -0.05) is 6.92 Å². The topological polar surface area (TPSA) is 43.4 Å². The summed E-state index contributed by atoms with van der Waals surface area (Å²) in [7, 11) is 0. The largest absolute Gasteiger partial charge is 0.465 e. The summed E-state index contributed by atoms with van der Waals surface area (Å²) in [6.07, 6.45) is 1.53. The lowest BCUT2D eigenvalue weighted by Gasteiger charge is -2.05. The number of ether oxygens (including phenoxy) is 1. The van der Waals surface area contributed by atoms with Crippen LogP contribution in [0.25, 0.3) is 0 Å². The molecule has 3 nitrogen and oxygen atoms in total. The van der Waals surface area contributed by atoms with E-state index < -0.39 is 0 Å². The fourth-order valence-electron chi connectivity index (χ4n) is 0.478. The maximum atomic E-state index is 10.2. The molecule has 0 spiro atoms. The molecule has 10 heavy (non-hydrogen) atoms. The number of rotatable bonds is 4. The van der Waals surface area contributed by atoms with Crippen molar-refractivity contribution >= 4 is 12.3 Å². The zero-order valence-electron chi connectivity index (χ0n) is 6.29. The molecular formula is C7H12O3. The first-order valence-electron chi connectivity index (χ1n) is 3.29. The van der Waals surface area contributed by atoms with E-state index in [1.807, 2.05) is 6.92 Å². The monoisotopic (exact) mass is 144 g/mol. The van der Waals surface area contributed by atoms with Crippen molar-refractivity contribution in [1.29, 1.82) is 0 Å². The molecule has 0 bridgehead atoms. The molecule has 0 aliphatic heterocycles. The minimum atomic E-state index is -0.333. The second-order valence-electron chi connectivity index (χ2n) is 2.11. The molecule has 0 amide bonds. The summed E-state index contributed by atoms with van der Waals surface area (Å²) >= 11 is 0. The van der Waals surface area contributed by atoms with Gasteiger partial charge in [0.05, 0.1) is 0 Å². The molecule has 0 aliphatic rings. The summed E-state index contributed by atoms with van der Waals surface area (Å²) in [6, 6.07) is 0. The molecule has 0 aromatic heterocycles. The van der Waals surface area contributed by atoms with E-state index in [9.17, 15) is 9.59 Å². The number of carbonyl (C=O) groups excluding carboxylic acids is 2. The smallest absolute Gasteiger partial charge is 0.302 e. The summed E-state index contributed by atoms with van der Waals surface area (Å²) in [6.45, 7) is 3.43. The summed E-state index contributed by atoms with van der Waals surface area (Å²) in [5.41, 5.74) is 0. The number of carbonyl (C=O) groups is 2. The van der Waals surface area contributed by atoms with Crippen LogP contribution in [0, 0.1) is 5.92 Å². The lowest BCUT2D eigenvalue weighted by atomic mass is 10.1. The molecule has 1 unspecified atom stereocenters. The molecule has 0 radical (unpaired) electrons. The van der Waals surface area contributed by atoms with Crippen LogP contribution in [0.3, 0.4) is 0 Å². The van der Waals surface area contributed by atoms with Gasteiger partial charge in [-0.15, -0.1) is 0 Å². The van der Waals surface area contributed by atoms with Gasteiger partial charge in [-0.25, -0.2) is 0 Å². The Kier molecular flexibility index (Phi) is 4.54. The van der Waals surface area contributed by atoms with Crippen molar-refractivity contribution < 1.29 is 14.3 Å². The lowest BCUT2D eigenvalue weighted by molar-refractivity contribution is -0.142. The Bertz CT molecular complexity index is 120. The first kappa shape index (κ1) is 9.14. The van der Waals surface area contributed by atoms with Crippen LogP contribution in [0.1, 0.15) is 20.3 Å². The zero-order valence-corrected chi connectivity index (χ0v) is 6.29. The van der Waals surface area contributed by atoms with Crippen LogP contribution in [-0.4, -0.2) is 18.9 Å². The predicted molar refractivity (Wildman–Crippen MR) is 36.5 cm³/mol. The van der Waals surface area contributed by atoms with E-state index in [-0.39, 0.29) is 18.5 Å². The van der Waals surface area contributed by atoms with E-state index in [2.05, 4.69) is 4.74 Å². The Labute approximate surface area is 60.4 Å². The molecule has 0 aromatic carbocycles. The van der Waals surface area contributed by atoms with Gasteiger partial charge in [0.1, 0.15) is 12.9 Å². The number of hydrogen-bond acceptors (Lipinski definition) is 3. The van der Waals surface area contributed by atoms with Crippen molar-refractivity contribution in [3.8, 4) is 0 Å². The van der Waals surface area contributed by atoms with Crippen molar-refractivity contribution in [2.45, 2.75) is 20.3 Å². The van der Waals surface area contributed by atoms with E-state index in [0.29, 0.717) is 0 Å². The van der Waals surface area contributed by atoms with Crippen molar-refractivity contribution in [2.24, 2.45) is 5.92 Å². The van der Waals surface area contributed by atoms with Crippen molar-refractivity contribution in [1.82, 2.24) is 0 Å².